The molecule has 170 valence electrons. The molecule has 0 radical (unpaired) electrons. The normalized spacial score (nSPS) is 14.8. The van der Waals surface area contributed by atoms with Gasteiger partial charge >= 0.3 is 5.92 Å². The number of ether oxygens (including phenoxy) is 1. The molecule has 32 heavy (non-hydrogen) atoms. The fraction of sp³-hybridized carbons (Fsp3) is 0.304. The van der Waals surface area contributed by atoms with Crippen molar-refractivity contribution in [3.63, 3.8) is 0 Å². The summed E-state index contributed by atoms with van der Waals surface area (Å²) in [6.45, 7) is 9.31. The van der Waals surface area contributed by atoms with E-state index in [-0.39, 0.29) is 13.2 Å². The monoisotopic (exact) mass is 460 g/mol. The highest BCUT2D eigenvalue weighted by atomic mass is 32.1. The van der Waals surface area contributed by atoms with Crippen molar-refractivity contribution in [3.8, 4) is 0 Å². The first-order valence-corrected chi connectivity index (χ1v) is 10.8. The van der Waals surface area contributed by atoms with Crippen LogP contribution < -0.4 is 5.32 Å². The van der Waals surface area contributed by atoms with Crippen molar-refractivity contribution >= 4 is 22.8 Å². The second-order valence-electron chi connectivity index (χ2n) is 7.13. The number of thiazole rings is 1. The predicted octanol–water partition coefficient (Wildman–Crippen LogP) is 5.31. The van der Waals surface area contributed by atoms with Crippen molar-refractivity contribution < 1.29 is 19.7 Å². The summed E-state index contributed by atoms with van der Waals surface area (Å²) in [6.07, 6.45) is 7.82. The SMILES string of the molecule is C=CC(F)(F)c1cc(C(=O)NC(C)c2cnc(C3=CC=C=C(C)C(OCC)=C3)s2)n(C)n1.[HH]. The van der Waals surface area contributed by atoms with E-state index in [0.717, 1.165) is 37.5 Å². The van der Waals surface area contributed by atoms with Crippen molar-refractivity contribution in [3.05, 3.63) is 81.5 Å². The van der Waals surface area contributed by atoms with Crippen molar-refractivity contribution in [2.45, 2.75) is 32.7 Å². The number of allylic oxidation sites excluding steroid dienone is 5. The molecule has 0 fully saturated rings. The number of amides is 1. The standard InChI is InChI=1S/C23H24F2N4O2S.H2/c1-6-23(24,25)20-12-17(29(5)28-20)21(30)27-15(4)19-13-26-22(32-19)16-10-8-9-14(3)18(11-16)31-7-2;/h6,8,10-13,15H,1,7H2,2-5H3,(H,27,30);1H. The van der Waals surface area contributed by atoms with Crippen LogP contribution in [0.4, 0.5) is 8.78 Å². The summed E-state index contributed by atoms with van der Waals surface area (Å²) in [6, 6.07) is 0.684. The van der Waals surface area contributed by atoms with Crippen LogP contribution in [-0.2, 0) is 17.7 Å². The van der Waals surface area contributed by atoms with Gasteiger partial charge in [-0.25, -0.2) is 4.98 Å². The second kappa shape index (κ2) is 9.46. The molecule has 9 heteroatoms. The van der Waals surface area contributed by atoms with Gasteiger partial charge in [0.05, 0.1) is 12.6 Å². The summed E-state index contributed by atoms with van der Waals surface area (Å²) in [7, 11) is 1.44. The Balaban J connectivity index is 0.00000385. The molecule has 0 saturated carbocycles. The molecule has 0 aliphatic heterocycles. The molecule has 3 rings (SSSR count). The third-order valence-corrected chi connectivity index (χ3v) is 6.00. The molecule has 6 nitrogen and oxygen atoms in total. The molecular weight excluding hydrogens is 434 g/mol. The van der Waals surface area contributed by atoms with E-state index in [2.05, 4.69) is 27.7 Å². The Hall–Kier alpha value is -3.29. The Bertz CT molecular complexity index is 1170. The van der Waals surface area contributed by atoms with Crippen LogP contribution in [0.1, 0.15) is 54.3 Å². The Morgan fingerprint density at radius 1 is 1.53 bits per heavy atom. The van der Waals surface area contributed by atoms with Gasteiger partial charge in [0, 0.05) is 30.7 Å². The van der Waals surface area contributed by atoms with Crippen molar-refractivity contribution in [2.24, 2.45) is 7.05 Å². The first kappa shape index (κ1) is 23.4. The number of alkyl halides is 2. The second-order valence-corrected chi connectivity index (χ2v) is 8.19. The van der Waals surface area contributed by atoms with Gasteiger partial charge in [-0.1, -0.05) is 6.58 Å². The molecular formula is C23H26F2N4O2S. The van der Waals surface area contributed by atoms with E-state index in [9.17, 15) is 13.6 Å². The van der Waals surface area contributed by atoms with E-state index < -0.39 is 17.5 Å². The number of hydrogen-bond acceptors (Lipinski definition) is 5. The van der Waals surface area contributed by atoms with Gasteiger partial charge in [0.2, 0.25) is 0 Å². The summed E-state index contributed by atoms with van der Waals surface area (Å²) in [5.41, 5.74) is 4.42. The molecule has 1 N–H and O–H groups in total. The van der Waals surface area contributed by atoms with Crippen molar-refractivity contribution in [2.75, 3.05) is 6.61 Å². The largest absolute Gasteiger partial charge is 0.493 e. The zero-order valence-corrected chi connectivity index (χ0v) is 19.1. The third-order valence-electron chi connectivity index (χ3n) is 4.77. The fourth-order valence-electron chi connectivity index (χ4n) is 2.97. The molecule has 0 spiro atoms. The van der Waals surface area contributed by atoms with Crippen LogP contribution in [0.15, 0.2) is 60.2 Å². The van der Waals surface area contributed by atoms with Crippen LogP contribution in [0.25, 0.3) is 5.57 Å². The predicted molar refractivity (Wildman–Crippen MR) is 122 cm³/mol. The summed E-state index contributed by atoms with van der Waals surface area (Å²) in [5, 5.41) is 7.32. The number of carbonyl (C=O) groups is 1. The van der Waals surface area contributed by atoms with Crippen LogP contribution in [0.3, 0.4) is 0 Å². The topological polar surface area (TPSA) is 69.0 Å². The summed E-state index contributed by atoms with van der Waals surface area (Å²) >= 11 is 1.43. The molecule has 2 aromatic heterocycles. The van der Waals surface area contributed by atoms with E-state index in [0.29, 0.717) is 12.7 Å². The first-order chi connectivity index (χ1) is 15.2. The Morgan fingerprint density at radius 2 is 2.28 bits per heavy atom. The molecule has 1 aliphatic carbocycles. The average Bonchev–Trinajstić information content (AvgIpc) is 3.35. The van der Waals surface area contributed by atoms with E-state index >= 15 is 0 Å². The highest BCUT2D eigenvalue weighted by Gasteiger charge is 2.32. The number of nitrogens with zero attached hydrogens (tertiary/aromatic N) is 3. The van der Waals surface area contributed by atoms with Gasteiger partial charge in [0.25, 0.3) is 5.91 Å². The minimum absolute atomic E-state index is 0. The first-order valence-electron chi connectivity index (χ1n) is 9.97. The minimum atomic E-state index is -3.31. The number of halogens is 2. The van der Waals surface area contributed by atoms with Crippen LogP contribution in [0.2, 0.25) is 0 Å². The van der Waals surface area contributed by atoms with Crippen LogP contribution in [0.5, 0.6) is 0 Å². The lowest BCUT2D eigenvalue weighted by atomic mass is 10.2. The molecule has 0 bridgehead atoms. The van der Waals surface area contributed by atoms with Gasteiger partial charge in [-0.2, -0.15) is 13.9 Å². The number of carbonyl (C=O) groups excluding carboxylic acids is 1. The number of aryl methyl sites for hydroxylation is 1. The number of hydrogen-bond donors (Lipinski definition) is 1. The maximum absolute atomic E-state index is 13.8. The average molecular weight is 461 g/mol. The van der Waals surface area contributed by atoms with E-state index in [4.69, 9.17) is 4.74 Å². The number of nitrogens with one attached hydrogen (secondary N) is 1. The number of aromatic nitrogens is 3. The summed E-state index contributed by atoms with van der Waals surface area (Å²) in [4.78, 5) is 18.0. The molecule has 1 amide bonds. The van der Waals surface area contributed by atoms with E-state index in [1.165, 1.54) is 18.4 Å². The molecule has 0 saturated heterocycles. The third kappa shape index (κ3) is 4.95. The summed E-state index contributed by atoms with van der Waals surface area (Å²) in [5.74, 6) is -3.09. The van der Waals surface area contributed by atoms with E-state index in [1.54, 1.807) is 13.1 Å². The van der Waals surface area contributed by atoms with Gasteiger partial charge in [-0.15, -0.1) is 17.1 Å². The van der Waals surface area contributed by atoms with Crippen molar-refractivity contribution in [1.29, 1.82) is 0 Å². The quantitative estimate of drug-likeness (QED) is 0.428. The van der Waals surface area contributed by atoms with Gasteiger partial charge in [-0.05, 0) is 51.1 Å². The molecule has 1 unspecified atom stereocenters. The zero-order chi connectivity index (χ0) is 23.5. The Labute approximate surface area is 190 Å². The highest BCUT2D eigenvalue weighted by Crippen LogP contribution is 2.30. The molecule has 2 aromatic rings. The highest BCUT2D eigenvalue weighted by molar-refractivity contribution is 7.12. The van der Waals surface area contributed by atoms with Gasteiger partial charge < -0.3 is 10.1 Å². The van der Waals surface area contributed by atoms with Crippen LogP contribution in [0, 0.1) is 0 Å². The van der Waals surface area contributed by atoms with Crippen LogP contribution >= 0.6 is 11.3 Å². The van der Waals surface area contributed by atoms with Gasteiger partial charge in [0.15, 0.2) is 0 Å². The minimum Gasteiger partial charge on any atom is -0.493 e. The molecule has 1 aliphatic rings. The van der Waals surface area contributed by atoms with Crippen molar-refractivity contribution in [1.82, 2.24) is 20.1 Å². The Morgan fingerprint density at radius 3 is 2.97 bits per heavy atom. The van der Waals surface area contributed by atoms with Crippen LogP contribution in [-0.4, -0.2) is 27.3 Å². The number of rotatable bonds is 8. The maximum Gasteiger partial charge on any atom is 0.309 e. The summed E-state index contributed by atoms with van der Waals surface area (Å²) < 4.78 is 34.4. The molecule has 0 aromatic carbocycles. The van der Waals surface area contributed by atoms with E-state index in [1.807, 2.05) is 32.1 Å². The maximum atomic E-state index is 13.8. The zero-order valence-electron chi connectivity index (χ0n) is 18.3. The lowest BCUT2D eigenvalue weighted by molar-refractivity contribution is 0.0470. The van der Waals surface area contributed by atoms with Gasteiger partial charge in [0.1, 0.15) is 22.2 Å². The smallest absolute Gasteiger partial charge is 0.309 e. The lowest BCUT2D eigenvalue weighted by Crippen LogP contribution is -2.27. The fourth-order valence-corrected chi connectivity index (χ4v) is 3.89. The van der Waals surface area contributed by atoms with Gasteiger partial charge in [-0.3, -0.25) is 9.48 Å². The Kier molecular flexibility index (Phi) is 6.91. The molecule has 1 atom stereocenters. The lowest BCUT2D eigenvalue weighted by Gasteiger charge is -2.11. The molecule has 2 heterocycles.